The molecule has 1 saturated carbocycles. The van der Waals surface area contributed by atoms with Crippen molar-refractivity contribution in [3.63, 3.8) is 0 Å². The molecule has 5 nitrogen and oxygen atoms in total. The van der Waals surface area contributed by atoms with Crippen molar-refractivity contribution >= 4 is 16.9 Å². The zero-order valence-electron chi connectivity index (χ0n) is 13.6. The highest BCUT2D eigenvalue weighted by atomic mass is 15.3. The van der Waals surface area contributed by atoms with Gasteiger partial charge in [0.05, 0.1) is 17.3 Å². The molecule has 0 bridgehead atoms. The third-order valence-electron chi connectivity index (χ3n) is 4.64. The van der Waals surface area contributed by atoms with Crippen LogP contribution >= 0.6 is 0 Å². The van der Waals surface area contributed by atoms with Crippen LogP contribution in [-0.2, 0) is 0 Å². The third-order valence-corrected chi connectivity index (χ3v) is 4.64. The van der Waals surface area contributed by atoms with E-state index in [1.165, 1.54) is 36.8 Å². The molecule has 1 N–H and O–H groups in total. The Balaban J connectivity index is 1.77. The fourth-order valence-electron chi connectivity index (χ4n) is 3.44. The molecular formula is C18H21N5. The highest BCUT2D eigenvalue weighted by Crippen LogP contribution is 2.27. The number of nitrogens with zero attached hydrogens (tertiary/aromatic N) is 4. The van der Waals surface area contributed by atoms with Gasteiger partial charge in [0, 0.05) is 6.04 Å². The van der Waals surface area contributed by atoms with Crippen LogP contribution in [0.2, 0.25) is 0 Å². The van der Waals surface area contributed by atoms with Crippen LogP contribution in [0.4, 0.5) is 5.82 Å². The van der Waals surface area contributed by atoms with Gasteiger partial charge < -0.3 is 5.32 Å². The van der Waals surface area contributed by atoms with Crippen molar-refractivity contribution in [3.05, 3.63) is 41.9 Å². The van der Waals surface area contributed by atoms with Gasteiger partial charge in [-0.1, -0.05) is 30.5 Å². The molecule has 1 fully saturated rings. The number of anilines is 1. The smallest absolute Gasteiger partial charge is 0.168 e. The average molecular weight is 307 g/mol. The quantitative estimate of drug-likeness (QED) is 0.800. The Morgan fingerprint density at radius 2 is 1.96 bits per heavy atom. The van der Waals surface area contributed by atoms with E-state index in [1.54, 1.807) is 6.33 Å². The Morgan fingerprint density at radius 3 is 2.74 bits per heavy atom. The second kappa shape index (κ2) is 5.65. The summed E-state index contributed by atoms with van der Waals surface area (Å²) >= 11 is 0. The molecule has 2 aromatic heterocycles. The number of benzene rings is 1. The van der Waals surface area contributed by atoms with Crippen LogP contribution in [0.5, 0.6) is 0 Å². The zero-order chi connectivity index (χ0) is 15.8. The van der Waals surface area contributed by atoms with E-state index < -0.39 is 0 Å². The van der Waals surface area contributed by atoms with Gasteiger partial charge in [0.2, 0.25) is 0 Å². The molecule has 0 aliphatic heterocycles. The summed E-state index contributed by atoms with van der Waals surface area (Å²) in [5.41, 5.74) is 4.36. The fraction of sp³-hybridized carbons (Fsp3) is 0.389. The Labute approximate surface area is 135 Å². The first-order chi connectivity index (χ1) is 11.2. The molecule has 2 heterocycles. The topological polar surface area (TPSA) is 55.6 Å². The van der Waals surface area contributed by atoms with E-state index in [2.05, 4.69) is 52.4 Å². The summed E-state index contributed by atoms with van der Waals surface area (Å²) in [5, 5.41) is 9.12. The van der Waals surface area contributed by atoms with Crippen molar-refractivity contribution in [3.8, 4) is 5.69 Å². The molecule has 5 heteroatoms. The van der Waals surface area contributed by atoms with Gasteiger partial charge in [-0.05, 0) is 38.3 Å². The molecule has 1 aliphatic rings. The van der Waals surface area contributed by atoms with Gasteiger partial charge in [-0.25, -0.2) is 14.6 Å². The lowest BCUT2D eigenvalue weighted by molar-refractivity contribution is 0.751. The lowest BCUT2D eigenvalue weighted by atomic mass is 10.1. The predicted molar refractivity (Wildman–Crippen MR) is 92.0 cm³/mol. The van der Waals surface area contributed by atoms with Crippen LogP contribution < -0.4 is 5.32 Å². The molecule has 0 spiro atoms. The maximum Gasteiger partial charge on any atom is 0.168 e. The minimum absolute atomic E-state index is 0.526. The average Bonchev–Trinajstić information content (AvgIpc) is 3.17. The largest absolute Gasteiger partial charge is 0.367 e. The monoisotopic (exact) mass is 307 g/mol. The van der Waals surface area contributed by atoms with Gasteiger partial charge in [0.15, 0.2) is 5.65 Å². The Kier molecular flexibility index (Phi) is 3.48. The van der Waals surface area contributed by atoms with Crippen LogP contribution in [0.3, 0.4) is 0 Å². The van der Waals surface area contributed by atoms with Crippen LogP contribution in [0.1, 0.15) is 36.8 Å². The summed E-state index contributed by atoms with van der Waals surface area (Å²) in [5.74, 6) is 0.901. The van der Waals surface area contributed by atoms with Gasteiger partial charge in [-0.2, -0.15) is 5.10 Å². The van der Waals surface area contributed by atoms with Gasteiger partial charge in [0.25, 0.3) is 0 Å². The van der Waals surface area contributed by atoms with Crippen LogP contribution in [0, 0.1) is 13.8 Å². The van der Waals surface area contributed by atoms with Gasteiger partial charge in [-0.3, -0.25) is 0 Å². The molecule has 0 saturated heterocycles. The number of aromatic nitrogens is 4. The van der Waals surface area contributed by atoms with E-state index in [1.807, 2.05) is 10.9 Å². The highest BCUT2D eigenvalue weighted by molar-refractivity contribution is 5.87. The molecular weight excluding hydrogens is 286 g/mol. The SMILES string of the molecule is Cc1ccc(-n2ncc3c(NC4CCCC4)ncnc32)c(C)c1. The van der Waals surface area contributed by atoms with E-state index in [0.29, 0.717) is 6.04 Å². The lowest BCUT2D eigenvalue weighted by Gasteiger charge is -2.13. The van der Waals surface area contributed by atoms with E-state index >= 15 is 0 Å². The van der Waals surface area contributed by atoms with Crippen molar-refractivity contribution in [1.82, 2.24) is 19.7 Å². The predicted octanol–water partition coefficient (Wildman–Crippen LogP) is 3.79. The van der Waals surface area contributed by atoms with E-state index in [4.69, 9.17) is 0 Å². The first-order valence-corrected chi connectivity index (χ1v) is 8.25. The van der Waals surface area contributed by atoms with E-state index in [0.717, 1.165) is 22.5 Å². The first kappa shape index (κ1) is 14.2. The van der Waals surface area contributed by atoms with Gasteiger partial charge in [-0.15, -0.1) is 0 Å². The van der Waals surface area contributed by atoms with Crippen molar-refractivity contribution in [1.29, 1.82) is 0 Å². The summed E-state index contributed by atoms with van der Waals surface area (Å²) in [6.45, 7) is 4.21. The van der Waals surface area contributed by atoms with Gasteiger partial charge in [0.1, 0.15) is 12.1 Å². The van der Waals surface area contributed by atoms with Crippen LogP contribution in [-0.4, -0.2) is 25.8 Å². The number of nitrogens with one attached hydrogen (secondary N) is 1. The third kappa shape index (κ3) is 2.56. The molecule has 1 aromatic carbocycles. The summed E-state index contributed by atoms with van der Waals surface area (Å²) < 4.78 is 1.91. The van der Waals surface area contributed by atoms with E-state index in [-0.39, 0.29) is 0 Å². The normalized spacial score (nSPS) is 15.4. The Morgan fingerprint density at radius 1 is 1.13 bits per heavy atom. The van der Waals surface area contributed by atoms with Crippen LogP contribution in [0.25, 0.3) is 16.7 Å². The summed E-state index contributed by atoms with van der Waals surface area (Å²) in [6.07, 6.45) is 8.53. The molecule has 0 amide bonds. The van der Waals surface area contributed by atoms with Gasteiger partial charge >= 0.3 is 0 Å². The molecule has 23 heavy (non-hydrogen) atoms. The number of hydrogen-bond donors (Lipinski definition) is 1. The van der Waals surface area contributed by atoms with Crippen molar-refractivity contribution in [2.45, 2.75) is 45.6 Å². The molecule has 0 radical (unpaired) electrons. The Bertz CT molecular complexity index is 846. The van der Waals surface area contributed by atoms with Crippen molar-refractivity contribution < 1.29 is 0 Å². The molecule has 1 aliphatic carbocycles. The minimum atomic E-state index is 0.526. The molecule has 0 unspecified atom stereocenters. The molecule has 0 atom stereocenters. The second-order valence-corrected chi connectivity index (χ2v) is 6.43. The standard InChI is InChI=1S/C18H21N5/c1-12-7-8-16(13(2)9-12)23-18-15(10-21-23)17(19-11-20-18)22-14-5-3-4-6-14/h7-11,14H,3-6H2,1-2H3,(H,19,20,22). The van der Waals surface area contributed by atoms with Crippen LogP contribution in [0.15, 0.2) is 30.7 Å². The fourth-order valence-corrected chi connectivity index (χ4v) is 3.44. The lowest BCUT2D eigenvalue weighted by Crippen LogP contribution is -2.15. The highest BCUT2D eigenvalue weighted by Gasteiger charge is 2.18. The van der Waals surface area contributed by atoms with E-state index in [9.17, 15) is 0 Å². The van der Waals surface area contributed by atoms with Crippen molar-refractivity contribution in [2.24, 2.45) is 0 Å². The number of fused-ring (bicyclic) bond motifs is 1. The summed E-state index contributed by atoms with van der Waals surface area (Å²) in [6, 6.07) is 6.90. The minimum Gasteiger partial charge on any atom is -0.367 e. The molecule has 118 valence electrons. The maximum atomic E-state index is 4.57. The second-order valence-electron chi connectivity index (χ2n) is 6.43. The summed E-state index contributed by atoms with van der Waals surface area (Å²) in [7, 11) is 0. The number of aryl methyl sites for hydroxylation is 2. The summed E-state index contributed by atoms with van der Waals surface area (Å²) in [4.78, 5) is 8.90. The number of rotatable bonds is 3. The maximum absolute atomic E-state index is 4.57. The molecule has 4 rings (SSSR count). The number of hydrogen-bond acceptors (Lipinski definition) is 4. The first-order valence-electron chi connectivity index (χ1n) is 8.25. The van der Waals surface area contributed by atoms with Crippen molar-refractivity contribution in [2.75, 3.05) is 5.32 Å². The zero-order valence-corrected chi connectivity index (χ0v) is 13.6. The Hall–Kier alpha value is -2.43. The molecule has 3 aromatic rings.